The highest BCUT2D eigenvalue weighted by molar-refractivity contribution is 7.10. The van der Waals surface area contributed by atoms with Crippen LogP contribution in [0, 0.1) is 5.92 Å². The number of methoxy groups -OCH3 is 1. The minimum Gasteiger partial charge on any atom is -0.496 e. The van der Waals surface area contributed by atoms with Crippen LogP contribution in [0.15, 0.2) is 11.4 Å². The summed E-state index contributed by atoms with van der Waals surface area (Å²) in [6, 6.07) is 2.18. The van der Waals surface area contributed by atoms with E-state index in [-0.39, 0.29) is 6.04 Å². The summed E-state index contributed by atoms with van der Waals surface area (Å²) in [4.78, 5) is 1.20. The zero-order valence-electron chi connectivity index (χ0n) is 7.82. The van der Waals surface area contributed by atoms with E-state index < -0.39 is 0 Å². The number of hydrogen-bond donors (Lipinski definition) is 1. The first-order valence-corrected chi connectivity index (χ1v) is 5.56. The SMILES string of the molecule is COc1ccsc1C(N)CC1CC1. The molecule has 3 heteroatoms. The molecule has 1 fully saturated rings. The maximum Gasteiger partial charge on any atom is 0.134 e. The molecule has 1 unspecified atom stereocenters. The Morgan fingerprint density at radius 3 is 3.08 bits per heavy atom. The minimum absolute atomic E-state index is 0.183. The van der Waals surface area contributed by atoms with Crippen LogP contribution in [-0.4, -0.2) is 7.11 Å². The van der Waals surface area contributed by atoms with Crippen LogP contribution in [0.25, 0.3) is 0 Å². The number of nitrogens with two attached hydrogens (primary N) is 1. The first-order chi connectivity index (χ1) is 6.31. The molecule has 1 aliphatic carbocycles. The second-order valence-electron chi connectivity index (χ2n) is 3.64. The van der Waals surface area contributed by atoms with Gasteiger partial charge >= 0.3 is 0 Å². The van der Waals surface area contributed by atoms with Crippen molar-refractivity contribution in [1.82, 2.24) is 0 Å². The van der Waals surface area contributed by atoms with Crippen LogP contribution < -0.4 is 10.5 Å². The Labute approximate surface area is 82.7 Å². The lowest BCUT2D eigenvalue weighted by Gasteiger charge is -2.10. The maximum absolute atomic E-state index is 6.09. The van der Waals surface area contributed by atoms with Crippen molar-refractivity contribution in [1.29, 1.82) is 0 Å². The molecule has 1 heterocycles. The molecule has 0 spiro atoms. The van der Waals surface area contributed by atoms with E-state index >= 15 is 0 Å². The molecule has 0 amide bonds. The molecular formula is C10H15NOS. The molecule has 0 saturated heterocycles. The Hall–Kier alpha value is -0.540. The van der Waals surface area contributed by atoms with Gasteiger partial charge in [-0.3, -0.25) is 0 Å². The fourth-order valence-electron chi connectivity index (χ4n) is 1.57. The quantitative estimate of drug-likeness (QED) is 0.805. The van der Waals surface area contributed by atoms with Crippen LogP contribution in [0.1, 0.15) is 30.2 Å². The number of rotatable bonds is 4. The molecule has 1 atom stereocenters. The van der Waals surface area contributed by atoms with Crippen molar-refractivity contribution >= 4 is 11.3 Å². The van der Waals surface area contributed by atoms with Gasteiger partial charge in [-0.05, 0) is 23.8 Å². The molecule has 1 aliphatic rings. The topological polar surface area (TPSA) is 35.2 Å². The van der Waals surface area contributed by atoms with Gasteiger partial charge in [-0.1, -0.05) is 12.8 Å². The summed E-state index contributed by atoms with van der Waals surface area (Å²) in [5.41, 5.74) is 6.09. The van der Waals surface area contributed by atoms with Gasteiger partial charge in [0, 0.05) is 6.04 Å². The number of thiophene rings is 1. The minimum atomic E-state index is 0.183. The van der Waals surface area contributed by atoms with E-state index in [1.807, 2.05) is 11.4 Å². The largest absolute Gasteiger partial charge is 0.496 e. The summed E-state index contributed by atoms with van der Waals surface area (Å²) < 4.78 is 5.24. The summed E-state index contributed by atoms with van der Waals surface area (Å²) in [5.74, 6) is 1.83. The average molecular weight is 197 g/mol. The predicted octanol–water partition coefficient (Wildman–Crippen LogP) is 2.56. The van der Waals surface area contributed by atoms with Gasteiger partial charge in [-0.15, -0.1) is 11.3 Å². The summed E-state index contributed by atoms with van der Waals surface area (Å²) in [6.45, 7) is 0. The summed E-state index contributed by atoms with van der Waals surface area (Å²) in [5, 5.41) is 2.04. The van der Waals surface area contributed by atoms with Crippen molar-refractivity contribution in [2.45, 2.75) is 25.3 Å². The Balaban J connectivity index is 2.04. The predicted molar refractivity (Wildman–Crippen MR) is 55.1 cm³/mol. The Bertz CT molecular complexity index is 280. The molecule has 72 valence electrons. The highest BCUT2D eigenvalue weighted by atomic mass is 32.1. The summed E-state index contributed by atoms with van der Waals surface area (Å²) >= 11 is 1.70. The van der Waals surface area contributed by atoms with Crippen LogP contribution in [0.3, 0.4) is 0 Å². The van der Waals surface area contributed by atoms with E-state index in [1.165, 1.54) is 17.7 Å². The average Bonchev–Trinajstić information content (AvgIpc) is 2.82. The third kappa shape index (κ3) is 2.03. The van der Waals surface area contributed by atoms with Crippen LogP contribution in [0.5, 0.6) is 5.75 Å². The van der Waals surface area contributed by atoms with Crippen LogP contribution in [0.4, 0.5) is 0 Å². The normalized spacial score (nSPS) is 18.6. The molecule has 2 nitrogen and oxygen atoms in total. The summed E-state index contributed by atoms with van der Waals surface area (Å²) in [6.07, 6.45) is 3.85. The van der Waals surface area contributed by atoms with Gasteiger partial charge in [0.2, 0.25) is 0 Å². The van der Waals surface area contributed by atoms with Crippen LogP contribution >= 0.6 is 11.3 Å². The third-order valence-corrected chi connectivity index (χ3v) is 3.53. The molecule has 13 heavy (non-hydrogen) atoms. The molecule has 1 saturated carbocycles. The molecule has 2 N–H and O–H groups in total. The van der Waals surface area contributed by atoms with Crippen molar-refractivity contribution in [2.24, 2.45) is 11.7 Å². The smallest absolute Gasteiger partial charge is 0.134 e. The molecule has 1 aromatic rings. The van der Waals surface area contributed by atoms with E-state index in [0.29, 0.717) is 0 Å². The molecule has 0 bridgehead atoms. The molecular weight excluding hydrogens is 182 g/mol. The van der Waals surface area contributed by atoms with Crippen molar-refractivity contribution in [3.05, 3.63) is 16.3 Å². The highest BCUT2D eigenvalue weighted by Crippen LogP contribution is 2.40. The van der Waals surface area contributed by atoms with Gasteiger partial charge in [0.15, 0.2) is 0 Å². The van der Waals surface area contributed by atoms with Crippen molar-refractivity contribution in [2.75, 3.05) is 7.11 Å². The van der Waals surface area contributed by atoms with Gasteiger partial charge in [0.1, 0.15) is 5.75 Å². The second-order valence-corrected chi connectivity index (χ2v) is 4.59. The Morgan fingerprint density at radius 1 is 1.69 bits per heavy atom. The second kappa shape index (κ2) is 3.68. The van der Waals surface area contributed by atoms with E-state index in [2.05, 4.69) is 0 Å². The molecule has 0 aliphatic heterocycles. The number of ether oxygens (including phenoxy) is 1. The van der Waals surface area contributed by atoms with Crippen LogP contribution in [-0.2, 0) is 0 Å². The Kier molecular flexibility index (Phi) is 2.56. The van der Waals surface area contributed by atoms with E-state index in [0.717, 1.165) is 18.1 Å². The van der Waals surface area contributed by atoms with E-state index in [9.17, 15) is 0 Å². The van der Waals surface area contributed by atoms with Crippen molar-refractivity contribution < 1.29 is 4.74 Å². The molecule has 0 aromatic carbocycles. The fourth-order valence-corrected chi connectivity index (χ4v) is 2.44. The van der Waals surface area contributed by atoms with Gasteiger partial charge in [0.05, 0.1) is 12.0 Å². The first-order valence-electron chi connectivity index (χ1n) is 4.68. The monoisotopic (exact) mass is 197 g/mol. The van der Waals surface area contributed by atoms with Crippen molar-refractivity contribution in [3.63, 3.8) is 0 Å². The van der Waals surface area contributed by atoms with Crippen LogP contribution in [0.2, 0.25) is 0 Å². The fraction of sp³-hybridized carbons (Fsp3) is 0.600. The van der Waals surface area contributed by atoms with Gasteiger partial charge in [-0.25, -0.2) is 0 Å². The first kappa shape index (κ1) is 9.03. The standard InChI is InChI=1S/C10H15NOS/c1-12-9-4-5-13-10(9)8(11)6-7-2-3-7/h4-5,7-8H,2-3,6,11H2,1H3. The highest BCUT2D eigenvalue weighted by Gasteiger charge is 2.26. The molecule has 2 rings (SSSR count). The Morgan fingerprint density at radius 2 is 2.46 bits per heavy atom. The third-order valence-electron chi connectivity index (χ3n) is 2.50. The maximum atomic E-state index is 6.09. The van der Waals surface area contributed by atoms with Gasteiger partial charge in [0.25, 0.3) is 0 Å². The number of hydrogen-bond acceptors (Lipinski definition) is 3. The van der Waals surface area contributed by atoms with Crippen molar-refractivity contribution in [3.8, 4) is 5.75 Å². The molecule has 0 radical (unpaired) electrons. The van der Waals surface area contributed by atoms with E-state index in [1.54, 1.807) is 18.4 Å². The summed E-state index contributed by atoms with van der Waals surface area (Å²) in [7, 11) is 1.70. The lowest BCUT2D eigenvalue weighted by molar-refractivity contribution is 0.406. The van der Waals surface area contributed by atoms with Gasteiger partial charge < -0.3 is 10.5 Å². The van der Waals surface area contributed by atoms with E-state index in [4.69, 9.17) is 10.5 Å². The van der Waals surface area contributed by atoms with Gasteiger partial charge in [-0.2, -0.15) is 0 Å². The molecule has 1 aromatic heterocycles. The lowest BCUT2D eigenvalue weighted by atomic mass is 10.1. The zero-order chi connectivity index (χ0) is 9.26. The lowest BCUT2D eigenvalue weighted by Crippen LogP contribution is -2.10. The zero-order valence-corrected chi connectivity index (χ0v) is 8.64.